The van der Waals surface area contributed by atoms with E-state index in [0.717, 1.165) is 11.1 Å². The second kappa shape index (κ2) is 8.31. The van der Waals surface area contributed by atoms with Crippen LogP contribution in [-0.2, 0) is 19.9 Å². The number of hydrogen-bond acceptors (Lipinski definition) is 6. The first-order valence-electron chi connectivity index (χ1n) is 10.0. The molecule has 2 heterocycles. The van der Waals surface area contributed by atoms with E-state index < -0.39 is 24.3 Å². The fourth-order valence-corrected chi connectivity index (χ4v) is 5.73. The number of halogens is 1. The number of ether oxygens (including phenoxy) is 2. The lowest BCUT2D eigenvalue weighted by atomic mass is 9.95. The highest BCUT2D eigenvalue weighted by molar-refractivity contribution is 9.10. The average Bonchev–Trinajstić information content (AvgIpc) is 3.33. The number of hydrogen-bond donors (Lipinski definition) is 1. The summed E-state index contributed by atoms with van der Waals surface area (Å²) >= 11 is 4.67. The first-order chi connectivity index (χ1) is 15.5. The topological polar surface area (TPSA) is 89.0 Å². The Hall–Kier alpha value is -2.75. The van der Waals surface area contributed by atoms with E-state index in [4.69, 9.17) is 14.6 Å². The standard InChI is InChI=1S/C23H19BrN2O5S/c24-19-11-32-21(25-19)23(31-10-20(27)28)12-26(13-23)22(29)30-9-18-16-7-3-1-5-14(16)15-6-2-4-8-17(15)18/h1-8,11,18H,9-10,12-13H2,(H,27,28). The number of aliphatic carboxylic acids is 1. The highest BCUT2D eigenvalue weighted by Gasteiger charge is 2.51. The van der Waals surface area contributed by atoms with Gasteiger partial charge in [0, 0.05) is 11.3 Å². The van der Waals surface area contributed by atoms with Crippen LogP contribution >= 0.6 is 27.3 Å². The molecule has 7 nitrogen and oxygen atoms in total. The molecule has 9 heteroatoms. The van der Waals surface area contributed by atoms with Gasteiger partial charge in [0.15, 0.2) is 5.60 Å². The van der Waals surface area contributed by atoms with Crippen molar-refractivity contribution in [3.8, 4) is 11.1 Å². The number of benzene rings is 2. The minimum Gasteiger partial charge on any atom is -0.480 e. The molecule has 1 aromatic heterocycles. The SMILES string of the molecule is O=C(O)COC1(c2nc(Br)cs2)CN(C(=O)OCC2c3ccccc3-c3ccccc32)C1. The molecule has 0 spiro atoms. The number of carbonyl (C=O) groups is 2. The fourth-order valence-electron chi connectivity index (χ4n) is 4.34. The molecule has 1 amide bonds. The highest BCUT2D eigenvalue weighted by atomic mass is 79.9. The van der Waals surface area contributed by atoms with Gasteiger partial charge in [0.1, 0.15) is 22.8 Å². The maximum absolute atomic E-state index is 12.8. The Morgan fingerprint density at radius 1 is 1.12 bits per heavy atom. The minimum atomic E-state index is -1.07. The Balaban J connectivity index is 1.27. The van der Waals surface area contributed by atoms with Gasteiger partial charge in [0.05, 0.1) is 13.1 Å². The number of aromatic nitrogens is 1. The van der Waals surface area contributed by atoms with Crippen LogP contribution in [0.5, 0.6) is 0 Å². The Labute approximate surface area is 196 Å². The van der Waals surface area contributed by atoms with E-state index in [2.05, 4.69) is 45.2 Å². The predicted octanol–water partition coefficient (Wildman–Crippen LogP) is 4.47. The minimum absolute atomic E-state index is 0.0180. The van der Waals surface area contributed by atoms with Crippen LogP contribution in [-0.4, -0.2) is 53.4 Å². The van der Waals surface area contributed by atoms with Crippen molar-refractivity contribution in [2.45, 2.75) is 11.5 Å². The van der Waals surface area contributed by atoms with Gasteiger partial charge in [0.25, 0.3) is 0 Å². The van der Waals surface area contributed by atoms with Gasteiger partial charge >= 0.3 is 12.1 Å². The van der Waals surface area contributed by atoms with E-state index in [0.29, 0.717) is 9.61 Å². The van der Waals surface area contributed by atoms with Crippen molar-refractivity contribution in [2.75, 3.05) is 26.3 Å². The van der Waals surface area contributed by atoms with Gasteiger partial charge in [-0.2, -0.15) is 0 Å². The summed E-state index contributed by atoms with van der Waals surface area (Å²) in [6.07, 6.45) is -0.447. The van der Waals surface area contributed by atoms with E-state index in [1.165, 1.54) is 27.4 Å². The second-order valence-electron chi connectivity index (χ2n) is 7.81. The highest BCUT2D eigenvalue weighted by Crippen LogP contribution is 2.45. The third-order valence-corrected chi connectivity index (χ3v) is 7.56. The van der Waals surface area contributed by atoms with Gasteiger partial charge in [-0.15, -0.1) is 11.3 Å². The zero-order valence-electron chi connectivity index (χ0n) is 16.9. The second-order valence-corrected chi connectivity index (χ2v) is 9.48. The van der Waals surface area contributed by atoms with Crippen LogP contribution in [0.25, 0.3) is 11.1 Å². The zero-order valence-corrected chi connectivity index (χ0v) is 19.3. The Morgan fingerprint density at radius 2 is 1.75 bits per heavy atom. The van der Waals surface area contributed by atoms with E-state index >= 15 is 0 Å². The average molecular weight is 515 g/mol. The number of amides is 1. The van der Waals surface area contributed by atoms with Gasteiger partial charge < -0.3 is 19.5 Å². The van der Waals surface area contributed by atoms with Gasteiger partial charge in [-0.1, -0.05) is 48.5 Å². The number of fused-ring (bicyclic) bond motifs is 3. The molecule has 0 atom stereocenters. The van der Waals surface area contributed by atoms with Crippen LogP contribution in [0.3, 0.4) is 0 Å². The summed E-state index contributed by atoms with van der Waals surface area (Å²) < 4.78 is 12.0. The Kier molecular flexibility index (Phi) is 5.48. The van der Waals surface area contributed by atoms with Crippen LogP contribution in [0, 0.1) is 0 Å². The maximum atomic E-state index is 12.8. The molecule has 1 aliphatic carbocycles. The van der Waals surface area contributed by atoms with E-state index in [-0.39, 0.29) is 25.6 Å². The third-order valence-electron chi connectivity index (χ3n) is 5.82. The Bertz CT molecular complexity index is 1140. The van der Waals surface area contributed by atoms with Crippen LogP contribution < -0.4 is 0 Å². The van der Waals surface area contributed by atoms with Gasteiger partial charge in [-0.3, -0.25) is 0 Å². The molecule has 1 saturated heterocycles. The molecule has 3 aromatic rings. The molecule has 1 fully saturated rings. The molecular weight excluding hydrogens is 496 g/mol. The van der Waals surface area contributed by atoms with Crippen LogP contribution in [0.4, 0.5) is 4.79 Å². The summed E-state index contributed by atoms with van der Waals surface area (Å²) in [7, 11) is 0. The molecule has 1 aliphatic heterocycles. The lowest BCUT2D eigenvalue weighted by Gasteiger charge is -2.47. The normalized spacial score (nSPS) is 16.2. The van der Waals surface area contributed by atoms with Crippen molar-refractivity contribution in [1.29, 1.82) is 0 Å². The summed E-state index contributed by atoms with van der Waals surface area (Å²) in [4.78, 5) is 29.7. The molecule has 5 rings (SSSR count). The lowest BCUT2D eigenvalue weighted by molar-refractivity contribution is -0.168. The van der Waals surface area contributed by atoms with E-state index in [1.54, 1.807) is 5.38 Å². The molecule has 32 heavy (non-hydrogen) atoms. The molecule has 0 bridgehead atoms. The smallest absolute Gasteiger partial charge is 0.410 e. The summed E-state index contributed by atoms with van der Waals surface area (Å²) in [6.45, 7) is 0.151. The molecule has 2 aromatic carbocycles. The largest absolute Gasteiger partial charge is 0.480 e. The predicted molar refractivity (Wildman–Crippen MR) is 122 cm³/mol. The molecule has 2 aliphatic rings. The fraction of sp³-hybridized carbons (Fsp3) is 0.261. The van der Waals surface area contributed by atoms with Crippen molar-refractivity contribution >= 4 is 39.3 Å². The number of likely N-dealkylation sites (tertiary alicyclic amines) is 1. The molecule has 164 valence electrons. The Morgan fingerprint density at radius 3 is 2.31 bits per heavy atom. The van der Waals surface area contributed by atoms with Gasteiger partial charge in [-0.05, 0) is 38.2 Å². The van der Waals surface area contributed by atoms with Crippen LogP contribution in [0.1, 0.15) is 22.1 Å². The first-order valence-corrected chi connectivity index (χ1v) is 11.7. The number of thiazole rings is 1. The van der Waals surface area contributed by atoms with E-state index in [9.17, 15) is 9.59 Å². The molecular formula is C23H19BrN2O5S. The monoisotopic (exact) mass is 514 g/mol. The summed E-state index contributed by atoms with van der Waals surface area (Å²) in [6, 6.07) is 16.3. The number of nitrogens with zero attached hydrogens (tertiary/aromatic N) is 2. The lowest BCUT2D eigenvalue weighted by Crippen LogP contribution is -2.63. The summed E-state index contributed by atoms with van der Waals surface area (Å²) in [5.41, 5.74) is 3.71. The van der Waals surface area contributed by atoms with Gasteiger partial charge in [0.2, 0.25) is 0 Å². The number of rotatable bonds is 6. The maximum Gasteiger partial charge on any atom is 0.410 e. The number of carboxylic acids is 1. The van der Waals surface area contributed by atoms with Gasteiger partial charge in [-0.25, -0.2) is 14.6 Å². The van der Waals surface area contributed by atoms with E-state index in [1.807, 2.05) is 24.3 Å². The number of carboxylic acid groups (broad SMARTS) is 1. The quantitative estimate of drug-likeness (QED) is 0.522. The van der Waals surface area contributed by atoms with Crippen molar-refractivity contribution in [1.82, 2.24) is 9.88 Å². The zero-order chi connectivity index (χ0) is 22.3. The number of carbonyl (C=O) groups excluding carboxylic acids is 1. The summed E-state index contributed by atoms with van der Waals surface area (Å²) in [5, 5.41) is 11.5. The van der Waals surface area contributed by atoms with Crippen LogP contribution in [0.2, 0.25) is 0 Å². The third kappa shape index (κ3) is 3.70. The van der Waals surface area contributed by atoms with Crippen molar-refractivity contribution < 1.29 is 24.2 Å². The van der Waals surface area contributed by atoms with Crippen LogP contribution in [0.15, 0.2) is 58.5 Å². The van der Waals surface area contributed by atoms with Crippen molar-refractivity contribution in [2.24, 2.45) is 0 Å². The first kappa shape index (κ1) is 21.1. The van der Waals surface area contributed by atoms with Crippen molar-refractivity contribution in [3.63, 3.8) is 0 Å². The molecule has 0 unspecified atom stereocenters. The van der Waals surface area contributed by atoms with Crippen molar-refractivity contribution in [3.05, 3.63) is 74.6 Å². The molecule has 0 saturated carbocycles. The molecule has 1 N–H and O–H groups in total. The molecule has 0 radical (unpaired) electrons. The summed E-state index contributed by atoms with van der Waals surface area (Å²) in [5.74, 6) is -1.09.